The highest BCUT2D eigenvalue weighted by Crippen LogP contribution is 2.38. The van der Waals surface area contributed by atoms with E-state index < -0.39 is 5.97 Å². The molecule has 4 heteroatoms. The molecule has 1 fully saturated rings. The number of carboxylic acids is 1. The molecule has 1 N–H and O–H groups in total. The molecule has 1 unspecified atom stereocenters. The predicted molar refractivity (Wildman–Crippen MR) is 103 cm³/mol. The van der Waals surface area contributed by atoms with Crippen molar-refractivity contribution < 1.29 is 14.6 Å². The third kappa shape index (κ3) is 4.06. The van der Waals surface area contributed by atoms with E-state index >= 15 is 0 Å². The van der Waals surface area contributed by atoms with Crippen LogP contribution in [0.4, 0.5) is 0 Å². The van der Waals surface area contributed by atoms with Crippen LogP contribution in [-0.2, 0) is 4.74 Å². The first kappa shape index (κ1) is 19.5. The van der Waals surface area contributed by atoms with Crippen molar-refractivity contribution in [3.63, 3.8) is 0 Å². The van der Waals surface area contributed by atoms with Crippen LogP contribution in [0.15, 0.2) is 11.6 Å². The second-order valence-electron chi connectivity index (χ2n) is 7.01. The Morgan fingerprint density at radius 2 is 2.04 bits per heavy atom. The van der Waals surface area contributed by atoms with Crippen LogP contribution in [0.2, 0.25) is 0 Å². The average Bonchev–Trinajstić information content (AvgIpc) is 2.87. The second-order valence-corrected chi connectivity index (χ2v) is 7.01. The SMILES string of the molecule is C/C=C\n1c(/C=C(\C)CC)c(C(=O)O)c(C)c1C(C)C1CCOCC1. The van der Waals surface area contributed by atoms with Crippen LogP contribution in [-0.4, -0.2) is 28.9 Å². The highest BCUT2D eigenvalue weighted by molar-refractivity contribution is 5.94. The molecule has 1 aliphatic rings. The van der Waals surface area contributed by atoms with Crippen LogP contribution in [0.3, 0.4) is 0 Å². The minimum Gasteiger partial charge on any atom is -0.478 e. The summed E-state index contributed by atoms with van der Waals surface area (Å²) < 4.78 is 7.60. The van der Waals surface area contributed by atoms with Crippen LogP contribution >= 0.6 is 0 Å². The van der Waals surface area contributed by atoms with Crippen molar-refractivity contribution in [3.8, 4) is 0 Å². The smallest absolute Gasteiger partial charge is 0.338 e. The van der Waals surface area contributed by atoms with Gasteiger partial charge < -0.3 is 14.4 Å². The molecule has 0 spiro atoms. The predicted octanol–water partition coefficient (Wildman–Crippen LogP) is 5.33. The summed E-state index contributed by atoms with van der Waals surface area (Å²) in [5.41, 5.74) is 4.41. The van der Waals surface area contributed by atoms with E-state index in [0.717, 1.165) is 49.4 Å². The summed E-state index contributed by atoms with van der Waals surface area (Å²) in [4.78, 5) is 12.0. The van der Waals surface area contributed by atoms with Gasteiger partial charge in [-0.1, -0.05) is 25.5 Å². The van der Waals surface area contributed by atoms with Crippen LogP contribution in [0.1, 0.15) is 80.2 Å². The summed E-state index contributed by atoms with van der Waals surface area (Å²) in [6.07, 6.45) is 8.97. The number of rotatable bonds is 6. The number of allylic oxidation sites excluding steroid dienone is 2. The molecule has 4 nitrogen and oxygen atoms in total. The van der Waals surface area contributed by atoms with Crippen molar-refractivity contribution in [2.45, 2.75) is 59.8 Å². The summed E-state index contributed by atoms with van der Waals surface area (Å²) in [7, 11) is 0. The minimum absolute atomic E-state index is 0.294. The molecular formula is C21H31NO3. The molecule has 0 radical (unpaired) electrons. The molecule has 1 aromatic heterocycles. The highest BCUT2D eigenvalue weighted by atomic mass is 16.5. The van der Waals surface area contributed by atoms with Gasteiger partial charge in [0.2, 0.25) is 0 Å². The minimum atomic E-state index is -0.851. The Hall–Kier alpha value is -1.81. The van der Waals surface area contributed by atoms with Gasteiger partial charge in [0, 0.05) is 31.0 Å². The molecular weight excluding hydrogens is 314 g/mol. The molecule has 25 heavy (non-hydrogen) atoms. The largest absolute Gasteiger partial charge is 0.478 e. The Morgan fingerprint density at radius 3 is 2.56 bits per heavy atom. The lowest BCUT2D eigenvalue weighted by molar-refractivity contribution is 0.0590. The van der Waals surface area contributed by atoms with Gasteiger partial charge in [-0.3, -0.25) is 0 Å². The number of carboxylic acid groups (broad SMARTS) is 1. The lowest BCUT2D eigenvalue weighted by atomic mass is 9.83. The number of aromatic carboxylic acids is 1. The fourth-order valence-electron chi connectivity index (χ4n) is 3.81. The lowest BCUT2D eigenvalue weighted by Crippen LogP contribution is -2.22. The number of hydrogen-bond acceptors (Lipinski definition) is 2. The van der Waals surface area contributed by atoms with E-state index in [9.17, 15) is 9.90 Å². The summed E-state index contributed by atoms with van der Waals surface area (Å²) in [5.74, 6) is -0.0317. The molecule has 0 bridgehead atoms. The molecule has 0 aromatic carbocycles. The van der Waals surface area contributed by atoms with Gasteiger partial charge >= 0.3 is 5.97 Å². The van der Waals surface area contributed by atoms with Crippen LogP contribution in [0.5, 0.6) is 0 Å². The maximum Gasteiger partial charge on any atom is 0.338 e. The van der Waals surface area contributed by atoms with E-state index in [1.807, 2.05) is 32.2 Å². The number of carbonyl (C=O) groups is 1. The third-order valence-electron chi connectivity index (χ3n) is 5.39. The maximum atomic E-state index is 12.0. The summed E-state index contributed by atoms with van der Waals surface area (Å²) >= 11 is 0. The summed E-state index contributed by atoms with van der Waals surface area (Å²) in [6, 6.07) is 0. The van der Waals surface area contributed by atoms with Gasteiger partial charge in [-0.15, -0.1) is 0 Å². The van der Waals surface area contributed by atoms with Crippen molar-refractivity contribution in [3.05, 3.63) is 34.2 Å². The van der Waals surface area contributed by atoms with E-state index in [4.69, 9.17) is 4.74 Å². The van der Waals surface area contributed by atoms with Crippen LogP contribution in [0, 0.1) is 12.8 Å². The topological polar surface area (TPSA) is 51.5 Å². The van der Waals surface area contributed by atoms with Crippen molar-refractivity contribution in [2.24, 2.45) is 5.92 Å². The van der Waals surface area contributed by atoms with E-state index in [1.165, 1.54) is 5.57 Å². The normalized spacial score (nSPS) is 18.0. The quantitative estimate of drug-likeness (QED) is 0.758. The molecule has 138 valence electrons. The van der Waals surface area contributed by atoms with Crippen molar-refractivity contribution >= 4 is 18.2 Å². The van der Waals surface area contributed by atoms with Crippen molar-refractivity contribution in [1.82, 2.24) is 4.57 Å². The van der Waals surface area contributed by atoms with Gasteiger partial charge in [0.25, 0.3) is 0 Å². The molecule has 0 saturated carbocycles. The van der Waals surface area contributed by atoms with E-state index in [0.29, 0.717) is 17.4 Å². The molecule has 1 atom stereocenters. The first-order chi connectivity index (χ1) is 11.9. The van der Waals surface area contributed by atoms with E-state index in [-0.39, 0.29) is 0 Å². The Balaban J connectivity index is 2.65. The Bertz CT molecular complexity index is 676. The fraction of sp³-hybridized carbons (Fsp3) is 0.571. The molecule has 1 aromatic rings. The summed E-state index contributed by atoms with van der Waals surface area (Å²) in [6.45, 7) is 11.9. The first-order valence-corrected chi connectivity index (χ1v) is 9.28. The van der Waals surface area contributed by atoms with Gasteiger partial charge in [0.15, 0.2) is 0 Å². The zero-order valence-electron chi connectivity index (χ0n) is 16.1. The Kier molecular flexibility index (Phi) is 6.65. The zero-order chi connectivity index (χ0) is 18.6. The number of ether oxygens (including phenoxy) is 1. The van der Waals surface area contributed by atoms with Gasteiger partial charge in [-0.05, 0) is 57.6 Å². The second kappa shape index (κ2) is 8.52. The lowest BCUT2D eigenvalue weighted by Gasteiger charge is -2.29. The third-order valence-corrected chi connectivity index (χ3v) is 5.39. The molecule has 1 aliphatic heterocycles. The molecule has 0 aliphatic carbocycles. The Morgan fingerprint density at radius 1 is 1.40 bits per heavy atom. The van der Waals surface area contributed by atoms with Crippen molar-refractivity contribution in [2.75, 3.05) is 13.2 Å². The molecule has 2 heterocycles. The van der Waals surface area contributed by atoms with Gasteiger partial charge in [0.05, 0.1) is 11.3 Å². The molecule has 1 saturated heterocycles. The molecule has 2 rings (SSSR count). The van der Waals surface area contributed by atoms with E-state index in [2.05, 4.69) is 25.3 Å². The maximum absolute atomic E-state index is 12.0. The van der Waals surface area contributed by atoms with Gasteiger partial charge in [0.1, 0.15) is 0 Å². The Labute approximate surface area is 151 Å². The number of nitrogens with zero attached hydrogens (tertiary/aromatic N) is 1. The average molecular weight is 345 g/mol. The van der Waals surface area contributed by atoms with Crippen molar-refractivity contribution in [1.29, 1.82) is 0 Å². The van der Waals surface area contributed by atoms with Crippen LogP contribution < -0.4 is 0 Å². The first-order valence-electron chi connectivity index (χ1n) is 9.28. The number of aromatic nitrogens is 1. The van der Waals surface area contributed by atoms with Crippen LogP contribution in [0.25, 0.3) is 12.3 Å². The highest BCUT2D eigenvalue weighted by Gasteiger charge is 2.30. The fourth-order valence-corrected chi connectivity index (χ4v) is 3.81. The standard InChI is InChI=1S/C21H31NO3/c1-6-10-22-18(13-14(3)7-2)19(21(23)24)16(5)20(22)15(4)17-8-11-25-12-9-17/h6,10,13,15,17H,7-9,11-12H2,1-5H3,(H,23,24)/b10-6-,14-13+. The van der Waals surface area contributed by atoms with Gasteiger partial charge in [-0.2, -0.15) is 0 Å². The monoisotopic (exact) mass is 345 g/mol. The van der Waals surface area contributed by atoms with Gasteiger partial charge in [-0.25, -0.2) is 4.79 Å². The number of hydrogen-bond donors (Lipinski definition) is 1. The molecule has 0 amide bonds. The van der Waals surface area contributed by atoms with E-state index in [1.54, 1.807) is 0 Å². The summed E-state index contributed by atoms with van der Waals surface area (Å²) in [5, 5.41) is 9.84. The zero-order valence-corrected chi connectivity index (χ0v) is 16.1.